The predicted octanol–water partition coefficient (Wildman–Crippen LogP) is 1.76. The van der Waals surface area contributed by atoms with E-state index in [1.54, 1.807) is 0 Å². The minimum absolute atomic E-state index is 0.145. The topological polar surface area (TPSA) is 65.1 Å². The highest BCUT2D eigenvalue weighted by molar-refractivity contribution is 5.76. The van der Waals surface area contributed by atoms with E-state index in [0.29, 0.717) is 6.42 Å². The van der Waals surface area contributed by atoms with Crippen LogP contribution in [0.25, 0.3) is 0 Å². The molecule has 2 rings (SSSR count). The van der Waals surface area contributed by atoms with Crippen LogP contribution in [0.5, 0.6) is 0 Å². The van der Waals surface area contributed by atoms with E-state index in [4.69, 9.17) is 0 Å². The molecule has 4 nitrogen and oxygen atoms in total. The van der Waals surface area contributed by atoms with E-state index < -0.39 is 0 Å². The normalized spacial score (nSPS) is 23.8. The second-order valence-corrected chi connectivity index (χ2v) is 5.15. The summed E-state index contributed by atoms with van der Waals surface area (Å²) in [6.45, 7) is 0. The standard InChI is InChI=1S/C14H22N2O2/c17-13-6-4-12(5-7-13)16-14(18)3-1-2-11-8-9-15-10-11/h8-10,12-13,15,17H,1-7H2,(H,16,18). The van der Waals surface area contributed by atoms with Crippen molar-refractivity contribution in [2.45, 2.75) is 57.1 Å². The van der Waals surface area contributed by atoms with Crippen LogP contribution in [0.1, 0.15) is 44.1 Å². The molecule has 1 saturated carbocycles. The predicted molar refractivity (Wildman–Crippen MR) is 70.1 cm³/mol. The number of aliphatic hydroxyl groups is 1. The van der Waals surface area contributed by atoms with E-state index in [1.807, 2.05) is 18.5 Å². The van der Waals surface area contributed by atoms with E-state index in [-0.39, 0.29) is 18.1 Å². The molecule has 0 bridgehead atoms. The maximum absolute atomic E-state index is 11.7. The van der Waals surface area contributed by atoms with Crippen molar-refractivity contribution in [3.63, 3.8) is 0 Å². The average Bonchev–Trinajstić information content (AvgIpc) is 2.85. The van der Waals surface area contributed by atoms with Gasteiger partial charge in [0.25, 0.3) is 0 Å². The van der Waals surface area contributed by atoms with Crippen molar-refractivity contribution in [3.8, 4) is 0 Å². The molecular formula is C14H22N2O2. The minimum Gasteiger partial charge on any atom is -0.393 e. The van der Waals surface area contributed by atoms with Gasteiger partial charge in [-0.05, 0) is 50.2 Å². The number of aromatic nitrogens is 1. The Labute approximate surface area is 108 Å². The van der Waals surface area contributed by atoms with Gasteiger partial charge in [0.05, 0.1) is 6.10 Å². The molecule has 0 radical (unpaired) electrons. The molecule has 1 aliphatic rings. The monoisotopic (exact) mass is 250 g/mol. The number of rotatable bonds is 5. The van der Waals surface area contributed by atoms with Crippen LogP contribution < -0.4 is 5.32 Å². The lowest BCUT2D eigenvalue weighted by atomic mass is 9.93. The van der Waals surface area contributed by atoms with Crippen molar-refractivity contribution in [2.24, 2.45) is 0 Å². The Kier molecular flexibility index (Phi) is 4.81. The number of H-pyrrole nitrogens is 1. The third-order valence-corrected chi connectivity index (χ3v) is 3.59. The summed E-state index contributed by atoms with van der Waals surface area (Å²) in [5, 5.41) is 12.5. The zero-order valence-electron chi connectivity index (χ0n) is 10.7. The summed E-state index contributed by atoms with van der Waals surface area (Å²) in [6, 6.07) is 2.31. The summed E-state index contributed by atoms with van der Waals surface area (Å²) in [7, 11) is 0. The maximum atomic E-state index is 11.7. The van der Waals surface area contributed by atoms with Crippen molar-refractivity contribution >= 4 is 5.91 Å². The fraction of sp³-hybridized carbons (Fsp3) is 0.643. The second-order valence-electron chi connectivity index (χ2n) is 5.15. The van der Waals surface area contributed by atoms with E-state index >= 15 is 0 Å². The van der Waals surface area contributed by atoms with E-state index in [9.17, 15) is 9.90 Å². The Bertz CT molecular complexity index is 354. The van der Waals surface area contributed by atoms with Crippen LogP contribution in [-0.2, 0) is 11.2 Å². The third kappa shape index (κ3) is 4.18. The molecule has 0 atom stereocenters. The number of carbonyl (C=O) groups is 1. The highest BCUT2D eigenvalue weighted by Gasteiger charge is 2.20. The smallest absolute Gasteiger partial charge is 0.220 e. The van der Waals surface area contributed by atoms with Crippen LogP contribution in [0, 0.1) is 0 Å². The molecule has 1 amide bonds. The van der Waals surface area contributed by atoms with Gasteiger partial charge in [-0.3, -0.25) is 4.79 Å². The molecule has 0 unspecified atom stereocenters. The average molecular weight is 250 g/mol. The molecule has 100 valence electrons. The Morgan fingerprint density at radius 3 is 2.83 bits per heavy atom. The highest BCUT2D eigenvalue weighted by atomic mass is 16.3. The Hall–Kier alpha value is -1.29. The van der Waals surface area contributed by atoms with E-state index in [1.165, 1.54) is 5.56 Å². The Morgan fingerprint density at radius 2 is 2.17 bits per heavy atom. The lowest BCUT2D eigenvalue weighted by molar-refractivity contribution is -0.122. The molecule has 1 heterocycles. The highest BCUT2D eigenvalue weighted by Crippen LogP contribution is 2.18. The molecule has 18 heavy (non-hydrogen) atoms. The van der Waals surface area contributed by atoms with Crippen molar-refractivity contribution in [1.82, 2.24) is 10.3 Å². The van der Waals surface area contributed by atoms with Gasteiger partial charge < -0.3 is 15.4 Å². The van der Waals surface area contributed by atoms with Crippen molar-refractivity contribution in [3.05, 3.63) is 24.0 Å². The Balaban J connectivity index is 1.60. The molecule has 1 aromatic heterocycles. The molecule has 1 fully saturated rings. The number of hydrogen-bond donors (Lipinski definition) is 3. The van der Waals surface area contributed by atoms with Crippen LogP contribution in [0.3, 0.4) is 0 Å². The number of hydrogen-bond acceptors (Lipinski definition) is 2. The van der Waals surface area contributed by atoms with Gasteiger partial charge in [-0.15, -0.1) is 0 Å². The Morgan fingerprint density at radius 1 is 1.39 bits per heavy atom. The van der Waals surface area contributed by atoms with Crippen LogP contribution in [0.15, 0.2) is 18.5 Å². The van der Waals surface area contributed by atoms with Gasteiger partial charge in [-0.2, -0.15) is 0 Å². The SMILES string of the molecule is O=C(CCCc1cc[nH]c1)NC1CCC(O)CC1. The third-order valence-electron chi connectivity index (χ3n) is 3.59. The zero-order chi connectivity index (χ0) is 12.8. The second kappa shape index (κ2) is 6.59. The molecule has 3 N–H and O–H groups in total. The number of aromatic amines is 1. The van der Waals surface area contributed by atoms with Gasteiger partial charge in [0, 0.05) is 24.9 Å². The molecule has 0 spiro atoms. The first-order valence-electron chi connectivity index (χ1n) is 6.83. The lowest BCUT2D eigenvalue weighted by Crippen LogP contribution is -2.38. The molecule has 1 aliphatic carbocycles. The van der Waals surface area contributed by atoms with Gasteiger partial charge >= 0.3 is 0 Å². The van der Waals surface area contributed by atoms with Crippen LogP contribution in [0.2, 0.25) is 0 Å². The lowest BCUT2D eigenvalue weighted by Gasteiger charge is -2.26. The van der Waals surface area contributed by atoms with Gasteiger partial charge in [-0.25, -0.2) is 0 Å². The fourth-order valence-electron chi connectivity index (χ4n) is 2.49. The van der Waals surface area contributed by atoms with Gasteiger partial charge in [0.1, 0.15) is 0 Å². The number of carbonyl (C=O) groups excluding carboxylic acids is 1. The maximum Gasteiger partial charge on any atom is 0.220 e. The van der Waals surface area contributed by atoms with Crippen molar-refractivity contribution in [1.29, 1.82) is 0 Å². The fourth-order valence-corrected chi connectivity index (χ4v) is 2.49. The summed E-state index contributed by atoms with van der Waals surface area (Å²) >= 11 is 0. The van der Waals surface area contributed by atoms with Gasteiger partial charge in [0.2, 0.25) is 5.91 Å². The summed E-state index contributed by atoms with van der Waals surface area (Å²) in [5.74, 6) is 0.145. The molecule has 0 aromatic carbocycles. The van der Waals surface area contributed by atoms with Gasteiger partial charge in [0.15, 0.2) is 0 Å². The van der Waals surface area contributed by atoms with Gasteiger partial charge in [-0.1, -0.05) is 0 Å². The first kappa shape index (κ1) is 13.1. The summed E-state index contributed by atoms with van der Waals surface area (Å²) < 4.78 is 0. The molecule has 0 aliphatic heterocycles. The largest absolute Gasteiger partial charge is 0.393 e. The van der Waals surface area contributed by atoms with Crippen molar-refractivity contribution < 1.29 is 9.90 Å². The van der Waals surface area contributed by atoms with E-state index in [0.717, 1.165) is 38.5 Å². The molecular weight excluding hydrogens is 228 g/mol. The van der Waals surface area contributed by atoms with Crippen LogP contribution in [-0.4, -0.2) is 28.1 Å². The number of amides is 1. The number of aliphatic hydroxyl groups excluding tert-OH is 1. The summed E-state index contributed by atoms with van der Waals surface area (Å²) in [6.07, 6.45) is 9.58. The zero-order valence-corrected chi connectivity index (χ0v) is 10.7. The first-order chi connectivity index (χ1) is 8.74. The number of aryl methyl sites for hydroxylation is 1. The molecule has 1 aromatic rings. The molecule has 4 heteroatoms. The minimum atomic E-state index is -0.160. The molecule has 0 saturated heterocycles. The summed E-state index contributed by atoms with van der Waals surface area (Å²) in [4.78, 5) is 14.8. The summed E-state index contributed by atoms with van der Waals surface area (Å²) in [5.41, 5.74) is 1.25. The van der Waals surface area contributed by atoms with E-state index in [2.05, 4.69) is 10.3 Å². The van der Waals surface area contributed by atoms with Crippen molar-refractivity contribution in [2.75, 3.05) is 0 Å². The quantitative estimate of drug-likeness (QED) is 0.745. The first-order valence-corrected chi connectivity index (χ1v) is 6.83. The number of nitrogens with one attached hydrogen (secondary N) is 2. The van der Waals surface area contributed by atoms with Crippen LogP contribution in [0.4, 0.5) is 0 Å². The van der Waals surface area contributed by atoms with Crippen LogP contribution >= 0.6 is 0 Å².